The fourth-order valence-electron chi connectivity index (χ4n) is 17.7. The van der Waals surface area contributed by atoms with Crippen LogP contribution in [0.5, 0.6) is 11.5 Å². The van der Waals surface area contributed by atoms with Crippen LogP contribution in [-0.2, 0) is 49.4 Å². The number of allylic oxidation sites excluding steroid dienone is 2. The Morgan fingerprint density at radius 2 is 1.46 bits per heavy atom. The maximum absolute atomic E-state index is 15.8. The van der Waals surface area contributed by atoms with Crippen molar-refractivity contribution in [3.05, 3.63) is 70.8 Å². The van der Waals surface area contributed by atoms with Crippen LogP contribution in [-0.4, -0.2) is 199 Å². The molecule has 4 saturated carbocycles. The lowest BCUT2D eigenvalue weighted by Crippen LogP contribution is -2.69. The molecule has 0 bridgehead atoms. The van der Waals surface area contributed by atoms with Crippen molar-refractivity contribution in [1.82, 2.24) is 10.6 Å². The average molecular weight is 1290 g/mol. The van der Waals surface area contributed by atoms with Crippen molar-refractivity contribution >= 4 is 30.4 Å². The zero-order chi connectivity index (χ0) is 66.6. The summed E-state index contributed by atoms with van der Waals surface area (Å²) >= 11 is 0. The molecule has 2 aromatic rings. The second-order valence-corrected chi connectivity index (χ2v) is 29.2. The lowest BCUT2D eigenvalue weighted by Gasteiger charge is -2.71. The first kappa shape index (κ1) is 69.8. The highest BCUT2D eigenvalue weighted by atomic mass is 16.8. The number of rotatable bonds is 20. The molecule has 24 heteroatoms. The Morgan fingerprint density at radius 3 is 2.16 bits per heavy atom. The molecule has 510 valence electrons. The lowest BCUT2D eigenvalue weighted by molar-refractivity contribution is -0.370. The maximum atomic E-state index is 15.8. The van der Waals surface area contributed by atoms with E-state index in [4.69, 9.17) is 33.2 Å². The molecule has 10 rings (SSSR count). The molecular formula is C68H96N2O22. The molecule has 3 saturated heterocycles. The normalized spacial score (nSPS) is 42.3. The summed E-state index contributed by atoms with van der Waals surface area (Å²) in [4.78, 5) is 66.9. The minimum absolute atomic E-state index is 0.0298. The van der Waals surface area contributed by atoms with Crippen LogP contribution < -0.4 is 15.4 Å². The van der Waals surface area contributed by atoms with E-state index < -0.39 is 151 Å². The van der Waals surface area contributed by atoms with E-state index in [0.717, 1.165) is 24.7 Å². The summed E-state index contributed by atoms with van der Waals surface area (Å²) in [6, 6.07) is 9.72. The van der Waals surface area contributed by atoms with E-state index in [1.165, 1.54) is 13.0 Å². The summed E-state index contributed by atoms with van der Waals surface area (Å²) in [5, 5.41) is 118. The Labute approximate surface area is 536 Å². The molecule has 0 aromatic heterocycles. The van der Waals surface area contributed by atoms with Gasteiger partial charge in [0.2, 0.25) is 12.2 Å². The maximum Gasteiger partial charge on any atom is 0.317 e. The third-order valence-electron chi connectivity index (χ3n) is 23.4. The fourth-order valence-corrected chi connectivity index (χ4v) is 17.7. The van der Waals surface area contributed by atoms with Gasteiger partial charge in [-0.1, -0.05) is 77.8 Å². The largest absolute Gasteiger partial charge is 0.507 e. The van der Waals surface area contributed by atoms with Crippen molar-refractivity contribution in [3.63, 3.8) is 0 Å². The van der Waals surface area contributed by atoms with Crippen molar-refractivity contribution in [1.29, 1.82) is 0 Å². The van der Waals surface area contributed by atoms with Crippen molar-refractivity contribution < 1.29 is 108 Å². The molecule has 3 heterocycles. The molecule has 12 N–H and O–H groups in total. The number of amides is 2. The van der Waals surface area contributed by atoms with Gasteiger partial charge >= 0.3 is 5.97 Å². The Bertz CT molecular complexity index is 3020. The van der Waals surface area contributed by atoms with Gasteiger partial charge in [-0.25, -0.2) is 0 Å². The van der Waals surface area contributed by atoms with E-state index in [1.54, 1.807) is 36.4 Å². The van der Waals surface area contributed by atoms with Gasteiger partial charge in [0.1, 0.15) is 78.6 Å². The standard InChI is InChI=1S/C68H96N2O22/c1-35-56(90-59-54(82)51(79)42(75)33-87-59)53(81)55(83)60(88-35)91-57-52(80)50(70-49(78)14-9-8-10-27-69-58(84)37-17-15-36(16-18-37)32-86-43-13-11-12-41(74)38(43)30-71)44(31-72)89-61(57)92-62(85)68-26-25-63(2,3)28-40(68)39-19-20-46-64(4)23-22-47(76)65(5,34-73)45(64)21-24-66(46,6)67(39,7)29-48(68)77/h11-13,15-19,30,34-35,40,42,44-48,50-57,59-61,72,74-77,79-83H,8-10,14,20-29,31-33H2,1-7H3,(H,69,84)(H,70,78)/t35?,40?,42-,44?,45-,46?,47+,48-,50+,51?,52?,53?,54?,55?,56+,57?,59+,60+,61+,64?,65?,66+,67-,68-/m1/s1. The summed E-state index contributed by atoms with van der Waals surface area (Å²) in [6.07, 6.45) is -14.1. The fraction of sp³-hybridized carbons (Fsp3) is 0.721. The Balaban J connectivity index is 0.840. The van der Waals surface area contributed by atoms with Gasteiger partial charge in [-0.3, -0.25) is 19.2 Å². The smallest absolute Gasteiger partial charge is 0.317 e. The molecule has 5 aliphatic carbocycles. The third kappa shape index (κ3) is 12.6. The van der Waals surface area contributed by atoms with Crippen molar-refractivity contribution in [2.24, 2.45) is 50.2 Å². The summed E-state index contributed by atoms with van der Waals surface area (Å²) in [6.45, 7) is 13.5. The molecule has 0 radical (unpaired) electrons. The minimum atomic E-state index is -1.99. The highest BCUT2D eigenvalue weighted by molar-refractivity contribution is 5.94. The highest BCUT2D eigenvalue weighted by Gasteiger charge is 2.72. The number of phenolic OH excluding ortho intramolecular Hbond substituents is 1. The molecular weight excluding hydrogens is 1200 g/mol. The lowest BCUT2D eigenvalue weighted by atomic mass is 9.33. The summed E-state index contributed by atoms with van der Waals surface area (Å²) in [5.74, 6) is -2.27. The first-order chi connectivity index (χ1) is 43.5. The number of aliphatic hydroxyl groups is 9. The minimum Gasteiger partial charge on any atom is -0.507 e. The van der Waals surface area contributed by atoms with E-state index in [0.29, 0.717) is 68.8 Å². The first-order valence-corrected chi connectivity index (χ1v) is 32.8. The van der Waals surface area contributed by atoms with Gasteiger partial charge in [-0.05, 0) is 147 Å². The van der Waals surface area contributed by atoms with Crippen molar-refractivity contribution in [3.8, 4) is 11.5 Å². The number of esters is 1. The topological polar surface area (TPSA) is 376 Å². The second-order valence-electron chi connectivity index (χ2n) is 29.2. The molecule has 3 aliphatic heterocycles. The predicted molar refractivity (Wildman–Crippen MR) is 326 cm³/mol. The number of benzene rings is 2. The quantitative estimate of drug-likeness (QED) is 0.0392. The number of hydrogen-bond acceptors (Lipinski definition) is 22. The van der Waals surface area contributed by atoms with Crippen LogP contribution in [0.25, 0.3) is 0 Å². The van der Waals surface area contributed by atoms with Gasteiger partial charge < -0.3 is 99.7 Å². The van der Waals surface area contributed by atoms with Crippen LogP contribution in [0.15, 0.2) is 54.1 Å². The summed E-state index contributed by atoms with van der Waals surface area (Å²) in [5.41, 5.74) is -1.94. The molecule has 2 aromatic carbocycles. The number of carbonyl (C=O) groups is 5. The van der Waals surface area contributed by atoms with Gasteiger partial charge in [-0.15, -0.1) is 0 Å². The van der Waals surface area contributed by atoms with Crippen molar-refractivity contribution in [2.45, 2.75) is 237 Å². The molecule has 8 aliphatic rings. The number of fused-ring (bicyclic) bond motifs is 7. The molecule has 92 heavy (non-hydrogen) atoms. The van der Waals surface area contributed by atoms with E-state index >= 15 is 4.79 Å². The first-order valence-electron chi connectivity index (χ1n) is 32.8. The van der Waals surface area contributed by atoms with Gasteiger partial charge in [0.05, 0.1) is 48.5 Å². The van der Waals surface area contributed by atoms with Gasteiger partial charge in [-0.2, -0.15) is 0 Å². The van der Waals surface area contributed by atoms with E-state index in [9.17, 15) is 70.2 Å². The summed E-state index contributed by atoms with van der Waals surface area (Å²) in [7, 11) is 0. The molecule has 24 nitrogen and oxygen atoms in total. The van der Waals surface area contributed by atoms with Crippen molar-refractivity contribution in [2.75, 3.05) is 19.8 Å². The van der Waals surface area contributed by atoms with E-state index in [1.807, 2.05) is 6.92 Å². The zero-order valence-corrected chi connectivity index (χ0v) is 53.6. The van der Waals surface area contributed by atoms with Crippen LogP contribution in [0.3, 0.4) is 0 Å². The number of ether oxygens (including phenoxy) is 7. The molecule has 7 fully saturated rings. The monoisotopic (exact) mass is 1290 g/mol. The second kappa shape index (κ2) is 27.2. The SMILES string of the molecule is CC1O[C@@H](OC2C(O)[C@@H](NC(=O)CCCCCNC(=O)c3ccc(COc4cccc(O)c4C=O)cc3)C(CO)O[C@H]2OC(=O)[C@]23CCC(C)(C)CC2C2=CCC4C5(C)CC[C@H](O)C(C)(C=O)[C@@H]5CC[C@]4(C)[C@]2(C)C[C@H]3O)C(O)C(O)[C@H]1O[C@@H]1OC[C@@H](O)C(O)C1O. The third-order valence-corrected chi connectivity index (χ3v) is 23.4. The molecule has 24 atom stereocenters. The highest BCUT2D eigenvalue weighted by Crippen LogP contribution is 2.76. The number of hydrogen-bond donors (Lipinski definition) is 12. The predicted octanol–water partition coefficient (Wildman–Crippen LogP) is 3.17. The van der Waals surface area contributed by atoms with Crippen LogP contribution >= 0.6 is 0 Å². The van der Waals surface area contributed by atoms with Crippen LogP contribution in [0.4, 0.5) is 0 Å². The van der Waals surface area contributed by atoms with Crippen LogP contribution in [0.2, 0.25) is 0 Å². The van der Waals surface area contributed by atoms with Gasteiger partial charge in [0, 0.05) is 18.5 Å². The number of phenols is 1. The number of aliphatic hydroxyl groups excluding tert-OH is 9. The molecule has 2 amide bonds. The van der Waals surface area contributed by atoms with E-state index in [2.05, 4.69) is 51.3 Å². The Morgan fingerprint density at radius 1 is 0.739 bits per heavy atom. The van der Waals surface area contributed by atoms with Gasteiger partial charge in [0.15, 0.2) is 25.0 Å². The molecule has 0 spiro atoms. The van der Waals surface area contributed by atoms with Crippen LogP contribution in [0, 0.1) is 50.2 Å². The number of carbonyl (C=O) groups excluding carboxylic acids is 5. The Hall–Kier alpha value is -5.03. The summed E-state index contributed by atoms with van der Waals surface area (Å²) < 4.78 is 42.3. The van der Waals surface area contributed by atoms with Crippen LogP contribution in [0.1, 0.15) is 158 Å². The number of unbranched alkanes of at least 4 members (excludes halogenated alkanes) is 2. The zero-order valence-electron chi connectivity index (χ0n) is 53.6. The molecule has 12 unspecified atom stereocenters. The van der Waals surface area contributed by atoms with Gasteiger partial charge in [0.25, 0.3) is 5.91 Å². The number of aromatic hydroxyl groups is 1. The number of nitrogens with one attached hydrogen (secondary N) is 2. The Kier molecular flexibility index (Phi) is 20.7. The number of aldehydes is 2. The van der Waals surface area contributed by atoms with E-state index in [-0.39, 0.29) is 78.0 Å². The average Bonchev–Trinajstić information content (AvgIpc) is 0.673.